The summed E-state index contributed by atoms with van der Waals surface area (Å²) in [4.78, 5) is 3.70. The van der Waals surface area contributed by atoms with Crippen LogP contribution in [-0.2, 0) is 0 Å². The molecule has 3 nitrogen and oxygen atoms in total. The van der Waals surface area contributed by atoms with Crippen LogP contribution in [-0.4, -0.2) is 24.3 Å². The first kappa shape index (κ1) is 14.2. The molecule has 1 aromatic heterocycles. The summed E-state index contributed by atoms with van der Waals surface area (Å²) >= 11 is 1.79. The molecule has 0 saturated heterocycles. The van der Waals surface area contributed by atoms with Gasteiger partial charge >= 0.3 is 0 Å². The average Bonchev–Trinajstić information content (AvgIpc) is 2.78. The third kappa shape index (κ3) is 3.82. The van der Waals surface area contributed by atoms with Crippen LogP contribution in [0.3, 0.4) is 0 Å². The monoisotopic (exact) mass is 253 g/mol. The van der Waals surface area contributed by atoms with Gasteiger partial charge < -0.3 is 5.73 Å². The Labute approximate surface area is 108 Å². The molecule has 0 aliphatic heterocycles. The van der Waals surface area contributed by atoms with Crippen molar-refractivity contribution < 1.29 is 0 Å². The highest BCUT2D eigenvalue weighted by atomic mass is 32.1. The Morgan fingerprint density at radius 2 is 2.24 bits per heavy atom. The Bertz CT molecular complexity index is 357. The van der Waals surface area contributed by atoms with E-state index in [2.05, 4.69) is 36.4 Å². The first-order valence-corrected chi connectivity index (χ1v) is 6.80. The summed E-state index contributed by atoms with van der Waals surface area (Å²) in [6.07, 6.45) is 0.911. The Kier molecular flexibility index (Phi) is 4.71. The molecule has 0 saturated carbocycles. The molecule has 0 spiro atoms. The first-order valence-electron chi connectivity index (χ1n) is 5.93. The van der Waals surface area contributed by atoms with Crippen LogP contribution in [0.25, 0.3) is 0 Å². The second-order valence-electron chi connectivity index (χ2n) is 5.22. The largest absolute Gasteiger partial charge is 0.387 e. The lowest BCUT2D eigenvalue weighted by molar-refractivity contribution is 0.237. The second kappa shape index (κ2) is 5.65. The summed E-state index contributed by atoms with van der Waals surface area (Å²) in [7, 11) is 2.13. The van der Waals surface area contributed by atoms with Gasteiger partial charge in [-0.3, -0.25) is 10.3 Å². The third-order valence-corrected chi connectivity index (χ3v) is 4.48. The van der Waals surface area contributed by atoms with E-state index < -0.39 is 0 Å². The van der Waals surface area contributed by atoms with E-state index in [9.17, 15) is 0 Å². The Morgan fingerprint density at radius 1 is 1.59 bits per heavy atom. The van der Waals surface area contributed by atoms with E-state index in [-0.39, 0.29) is 11.3 Å². The standard InChI is InChI=1S/C13H23N3S/c1-10(11-6-5-9-17-11)16(4)8-7-13(2,3)12(14)15/h5-6,9-10H,7-8H2,1-4H3,(H3,14,15). The van der Waals surface area contributed by atoms with Crippen LogP contribution in [0.2, 0.25) is 0 Å². The Hall–Kier alpha value is -0.870. The highest BCUT2D eigenvalue weighted by Gasteiger charge is 2.23. The second-order valence-corrected chi connectivity index (χ2v) is 6.20. The molecule has 0 aromatic carbocycles. The number of rotatable bonds is 6. The van der Waals surface area contributed by atoms with Crippen LogP contribution >= 0.6 is 11.3 Å². The maximum absolute atomic E-state index is 7.55. The van der Waals surface area contributed by atoms with Crippen LogP contribution < -0.4 is 5.73 Å². The zero-order valence-corrected chi connectivity index (χ0v) is 12.0. The van der Waals surface area contributed by atoms with Gasteiger partial charge in [0.25, 0.3) is 0 Å². The molecule has 1 rings (SSSR count). The first-order chi connectivity index (χ1) is 7.84. The Balaban J connectivity index is 2.50. The molecule has 4 heteroatoms. The minimum atomic E-state index is -0.205. The SMILES string of the molecule is CC(c1cccs1)N(C)CCC(C)(C)C(=N)N. The van der Waals surface area contributed by atoms with Crippen molar-refractivity contribution in [2.45, 2.75) is 33.2 Å². The molecule has 1 unspecified atom stereocenters. The zero-order chi connectivity index (χ0) is 13.1. The number of hydrogen-bond donors (Lipinski definition) is 2. The van der Waals surface area contributed by atoms with Gasteiger partial charge in [0.2, 0.25) is 0 Å². The number of hydrogen-bond acceptors (Lipinski definition) is 3. The van der Waals surface area contributed by atoms with Gasteiger partial charge in [-0.05, 0) is 38.4 Å². The van der Waals surface area contributed by atoms with Crippen molar-refractivity contribution in [3.8, 4) is 0 Å². The molecule has 0 aliphatic carbocycles. The lowest BCUT2D eigenvalue weighted by Gasteiger charge is -2.29. The topological polar surface area (TPSA) is 53.1 Å². The number of nitrogens with two attached hydrogens (primary N) is 1. The fourth-order valence-corrected chi connectivity index (χ4v) is 2.38. The molecule has 1 heterocycles. The van der Waals surface area contributed by atoms with Crippen LogP contribution in [0.1, 0.15) is 38.1 Å². The summed E-state index contributed by atoms with van der Waals surface area (Å²) in [6.45, 7) is 7.22. The van der Waals surface area contributed by atoms with Crippen LogP contribution in [0.4, 0.5) is 0 Å². The molecule has 96 valence electrons. The van der Waals surface area contributed by atoms with E-state index in [1.165, 1.54) is 4.88 Å². The maximum Gasteiger partial charge on any atom is 0.0963 e. The van der Waals surface area contributed by atoms with Crippen molar-refractivity contribution in [3.63, 3.8) is 0 Å². The van der Waals surface area contributed by atoms with Gasteiger partial charge in [-0.1, -0.05) is 19.9 Å². The minimum Gasteiger partial charge on any atom is -0.387 e. The minimum absolute atomic E-state index is 0.205. The highest BCUT2D eigenvalue weighted by molar-refractivity contribution is 7.10. The van der Waals surface area contributed by atoms with E-state index >= 15 is 0 Å². The fourth-order valence-electron chi connectivity index (χ4n) is 1.53. The van der Waals surface area contributed by atoms with Crippen molar-refractivity contribution >= 4 is 17.2 Å². The van der Waals surface area contributed by atoms with Gasteiger partial charge in [-0.25, -0.2) is 0 Å². The van der Waals surface area contributed by atoms with Crippen LogP contribution in [0, 0.1) is 10.8 Å². The van der Waals surface area contributed by atoms with Gasteiger partial charge in [0.05, 0.1) is 5.84 Å². The molecule has 3 N–H and O–H groups in total. The van der Waals surface area contributed by atoms with Gasteiger partial charge in [-0.2, -0.15) is 0 Å². The molecule has 17 heavy (non-hydrogen) atoms. The lowest BCUT2D eigenvalue weighted by atomic mass is 9.88. The molecule has 0 aliphatic rings. The van der Waals surface area contributed by atoms with Gasteiger partial charge in [0.1, 0.15) is 0 Å². The predicted octanol–water partition coefficient (Wildman–Crippen LogP) is 3.09. The smallest absolute Gasteiger partial charge is 0.0963 e. The summed E-state index contributed by atoms with van der Waals surface area (Å²) in [6, 6.07) is 4.68. The van der Waals surface area contributed by atoms with E-state index in [0.717, 1.165) is 13.0 Å². The molecule has 1 aromatic rings. The summed E-state index contributed by atoms with van der Waals surface area (Å²) in [5.41, 5.74) is 5.39. The fraction of sp³-hybridized carbons (Fsp3) is 0.615. The molecule has 0 bridgehead atoms. The average molecular weight is 253 g/mol. The van der Waals surface area contributed by atoms with Crippen molar-refractivity contribution in [1.29, 1.82) is 5.41 Å². The quantitative estimate of drug-likeness (QED) is 0.604. The Morgan fingerprint density at radius 3 is 2.71 bits per heavy atom. The molecular weight excluding hydrogens is 230 g/mol. The summed E-state index contributed by atoms with van der Waals surface area (Å²) < 4.78 is 0. The molecule has 0 radical (unpaired) electrons. The number of thiophene rings is 1. The molecule has 0 fully saturated rings. The van der Waals surface area contributed by atoms with Gasteiger partial charge in [0.15, 0.2) is 0 Å². The van der Waals surface area contributed by atoms with E-state index in [1.807, 2.05) is 13.8 Å². The van der Waals surface area contributed by atoms with E-state index in [0.29, 0.717) is 6.04 Å². The summed E-state index contributed by atoms with van der Waals surface area (Å²) in [5.74, 6) is 0.273. The van der Waals surface area contributed by atoms with Gasteiger partial charge in [-0.15, -0.1) is 11.3 Å². The van der Waals surface area contributed by atoms with Gasteiger partial charge in [0, 0.05) is 16.3 Å². The number of nitrogens with zero attached hydrogens (tertiary/aromatic N) is 1. The molecular formula is C13H23N3S. The molecule has 1 atom stereocenters. The normalized spacial score (nSPS) is 13.9. The van der Waals surface area contributed by atoms with Crippen LogP contribution in [0.5, 0.6) is 0 Å². The zero-order valence-electron chi connectivity index (χ0n) is 11.2. The number of nitrogens with one attached hydrogen (secondary N) is 1. The highest BCUT2D eigenvalue weighted by Crippen LogP contribution is 2.26. The lowest BCUT2D eigenvalue weighted by Crippen LogP contribution is -2.35. The van der Waals surface area contributed by atoms with E-state index in [4.69, 9.17) is 11.1 Å². The molecule has 0 amide bonds. The van der Waals surface area contributed by atoms with Crippen molar-refractivity contribution in [1.82, 2.24) is 4.90 Å². The van der Waals surface area contributed by atoms with Crippen molar-refractivity contribution in [3.05, 3.63) is 22.4 Å². The number of amidine groups is 1. The third-order valence-electron chi connectivity index (χ3n) is 3.43. The van der Waals surface area contributed by atoms with Crippen molar-refractivity contribution in [2.24, 2.45) is 11.1 Å². The maximum atomic E-state index is 7.55. The van der Waals surface area contributed by atoms with Crippen LogP contribution in [0.15, 0.2) is 17.5 Å². The van der Waals surface area contributed by atoms with Crippen molar-refractivity contribution in [2.75, 3.05) is 13.6 Å². The van der Waals surface area contributed by atoms with E-state index in [1.54, 1.807) is 11.3 Å². The predicted molar refractivity (Wildman–Crippen MR) is 75.7 cm³/mol. The summed E-state index contributed by atoms with van der Waals surface area (Å²) in [5, 5.41) is 9.66.